The normalized spacial score (nSPS) is 19.8. The third-order valence-corrected chi connectivity index (χ3v) is 9.30. The summed E-state index contributed by atoms with van der Waals surface area (Å²) in [6.07, 6.45) is 11.4. The molecule has 6 rings (SSSR count). The van der Waals surface area contributed by atoms with Crippen LogP contribution in [0.4, 0.5) is 0 Å². The summed E-state index contributed by atoms with van der Waals surface area (Å²) in [5, 5.41) is 2.61. The highest BCUT2D eigenvalue weighted by Crippen LogP contribution is 2.51. The number of rotatable bonds is 2. The topological polar surface area (TPSA) is 17.0 Å². The van der Waals surface area contributed by atoms with Crippen molar-refractivity contribution in [2.45, 2.75) is 96.3 Å². The van der Waals surface area contributed by atoms with Crippen molar-refractivity contribution < 1.29 is 8.98 Å². The smallest absolute Gasteiger partial charge is 0.216 e. The predicted molar refractivity (Wildman–Crippen MR) is 146 cm³/mol. The molecular formula is C33H40NO+. The van der Waals surface area contributed by atoms with E-state index in [4.69, 9.17) is 4.42 Å². The average molecular weight is 467 g/mol. The maximum absolute atomic E-state index is 6.77. The number of furan rings is 1. The minimum absolute atomic E-state index is 0.137. The van der Waals surface area contributed by atoms with Crippen LogP contribution in [0.1, 0.15) is 101 Å². The third-order valence-electron chi connectivity index (χ3n) is 9.30. The molecule has 0 N–H and O–H groups in total. The van der Waals surface area contributed by atoms with Crippen LogP contribution in [0.2, 0.25) is 0 Å². The Bertz CT molecular complexity index is 1450. The highest BCUT2D eigenvalue weighted by Gasteiger charge is 2.39. The van der Waals surface area contributed by atoms with Crippen LogP contribution in [0.25, 0.3) is 33.2 Å². The lowest BCUT2D eigenvalue weighted by Crippen LogP contribution is -2.33. The Balaban J connectivity index is 1.63. The van der Waals surface area contributed by atoms with E-state index in [1.165, 1.54) is 89.2 Å². The summed E-state index contributed by atoms with van der Waals surface area (Å²) in [7, 11) is 2.18. The molecular weight excluding hydrogens is 426 g/mol. The molecule has 0 amide bonds. The quantitative estimate of drug-likeness (QED) is 0.270. The van der Waals surface area contributed by atoms with Crippen LogP contribution >= 0.6 is 0 Å². The molecule has 35 heavy (non-hydrogen) atoms. The van der Waals surface area contributed by atoms with Gasteiger partial charge in [-0.15, -0.1) is 0 Å². The monoisotopic (exact) mass is 466 g/mol. The van der Waals surface area contributed by atoms with Crippen LogP contribution in [0.15, 0.2) is 47.0 Å². The first kappa shape index (κ1) is 22.8. The van der Waals surface area contributed by atoms with Gasteiger partial charge < -0.3 is 4.42 Å². The lowest BCUT2D eigenvalue weighted by Gasteiger charge is -2.42. The Labute approximate surface area is 210 Å². The van der Waals surface area contributed by atoms with E-state index in [1.54, 1.807) is 0 Å². The lowest BCUT2D eigenvalue weighted by atomic mass is 9.62. The van der Waals surface area contributed by atoms with E-state index in [1.807, 2.05) is 0 Å². The standard InChI is InChI=1S/C33H40NO/c1-21-12-13-24-29-27(15-14-25-30(29)33(4,5)18-17-32(25,2)3)35-31(24)28(21)26-20-23(16-19-34(26)6)22-10-8-7-9-11-22/h12-16,19-20,22H,7-11,17-18H2,1-6H3/q+1. The highest BCUT2D eigenvalue weighted by atomic mass is 16.3. The van der Waals surface area contributed by atoms with Crippen LogP contribution in [0.5, 0.6) is 0 Å². The van der Waals surface area contributed by atoms with Gasteiger partial charge in [0.1, 0.15) is 18.2 Å². The largest absolute Gasteiger partial charge is 0.455 e. The molecule has 2 aromatic carbocycles. The van der Waals surface area contributed by atoms with Crippen molar-refractivity contribution in [1.82, 2.24) is 0 Å². The van der Waals surface area contributed by atoms with Gasteiger partial charge in [0.25, 0.3) is 0 Å². The van der Waals surface area contributed by atoms with Crippen molar-refractivity contribution in [3.8, 4) is 11.3 Å². The SMILES string of the molecule is Cc1ccc2c(oc3ccc4c(c32)C(C)(C)CCC4(C)C)c1-c1cc(C2CCCCC2)cc[n+]1C. The van der Waals surface area contributed by atoms with E-state index in [-0.39, 0.29) is 10.8 Å². The van der Waals surface area contributed by atoms with Crippen molar-refractivity contribution >= 4 is 21.9 Å². The molecule has 0 spiro atoms. The van der Waals surface area contributed by atoms with Gasteiger partial charge in [-0.3, -0.25) is 0 Å². The summed E-state index contributed by atoms with van der Waals surface area (Å²) in [4.78, 5) is 0. The Morgan fingerprint density at radius 2 is 1.63 bits per heavy atom. The summed E-state index contributed by atoms with van der Waals surface area (Å²) in [6.45, 7) is 11.9. The molecule has 1 fully saturated rings. The minimum atomic E-state index is 0.137. The van der Waals surface area contributed by atoms with Gasteiger partial charge in [0.05, 0.1) is 5.56 Å². The van der Waals surface area contributed by atoms with Crippen molar-refractivity contribution in [3.63, 3.8) is 0 Å². The molecule has 0 atom stereocenters. The van der Waals surface area contributed by atoms with Gasteiger partial charge in [0.2, 0.25) is 5.69 Å². The predicted octanol–water partition coefficient (Wildman–Crippen LogP) is 8.78. The molecule has 182 valence electrons. The molecule has 2 aromatic heterocycles. The Kier molecular flexibility index (Phi) is 5.18. The Morgan fingerprint density at radius 1 is 0.886 bits per heavy atom. The van der Waals surface area contributed by atoms with Crippen LogP contribution < -0.4 is 4.57 Å². The number of fused-ring (bicyclic) bond motifs is 5. The number of hydrogen-bond acceptors (Lipinski definition) is 1. The first-order valence-electron chi connectivity index (χ1n) is 13.7. The fourth-order valence-electron chi connectivity index (χ4n) is 7.02. The second-order valence-corrected chi connectivity index (χ2v) is 12.7. The first-order valence-corrected chi connectivity index (χ1v) is 13.7. The van der Waals surface area contributed by atoms with E-state index in [9.17, 15) is 0 Å². The van der Waals surface area contributed by atoms with Gasteiger partial charge in [0.15, 0.2) is 6.20 Å². The Morgan fingerprint density at radius 3 is 2.40 bits per heavy atom. The van der Waals surface area contributed by atoms with Crippen molar-refractivity contribution in [3.05, 3.63) is 64.8 Å². The Hall–Kier alpha value is -2.61. The zero-order chi connectivity index (χ0) is 24.5. The lowest BCUT2D eigenvalue weighted by molar-refractivity contribution is -0.660. The zero-order valence-electron chi connectivity index (χ0n) is 22.4. The highest BCUT2D eigenvalue weighted by molar-refractivity contribution is 6.12. The van der Waals surface area contributed by atoms with Crippen LogP contribution in [0.3, 0.4) is 0 Å². The number of pyridine rings is 1. The van der Waals surface area contributed by atoms with E-state index in [0.717, 1.165) is 11.2 Å². The van der Waals surface area contributed by atoms with Gasteiger partial charge >= 0.3 is 0 Å². The average Bonchev–Trinajstić information content (AvgIpc) is 3.21. The molecule has 2 heteroatoms. The van der Waals surface area contributed by atoms with Crippen molar-refractivity contribution in [2.24, 2.45) is 7.05 Å². The fraction of sp³-hybridized carbons (Fsp3) is 0.485. The third kappa shape index (κ3) is 3.55. The molecule has 4 aromatic rings. The van der Waals surface area contributed by atoms with Gasteiger partial charge in [-0.1, -0.05) is 65.2 Å². The van der Waals surface area contributed by atoms with E-state index in [0.29, 0.717) is 5.92 Å². The van der Waals surface area contributed by atoms with E-state index in [2.05, 4.69) is 88.8 Å². The van der Waals surface area contributed by atoms with Gasteiger partial charge in [-0.2, -0.15) is 0 Å². The van der Waals surface area contributed by atoms with Crippen molar-refractivity contribution in [1.29, 1.82) is 0 Å². The molecule has 0 radical (unpaired) electrons. The van der Waals surface area contributed by atoms with Crippen LogP contribution in [-0.4, -0.2) is 0 Å². The summed E-state index contributed by atoms with van der Waals surface area (Å²) < 4.78 is 9.05. The maximum atomic E-state index is 6.77. The molecule has 0 unspecified atom stereocenters. The zero-order valence-corrected chi connectivity index (χ0v) is 22.4. The fourth-order valence-corrected chi connectivity index (χ4v) is 7.02. The molecule has 1 saturated carbocycles. The molecule has 0 saturated heterocycles. The second kappa shape index (κ2) is 7.95. The number of nitrogens with zero attached hydrogens (tertiary/aromatic N) is 1. The molecule has 0 aliphatic heterocycles. The number of aryl methyl sites for hydroxylation is 2. The van der Waals surface area contributed by atoms with Gasteiger partial charge in [-0.25, -0.2) is 4.57 Å². The summed E-state index contributed by atoms with van der Waals surface area (Å²) in [5.74, 6) is 0.689. The number of aromatic nitrogens is 1. The summed E-state index contributed by atoms with van der Waals surface area (Å²) in [5.41, 5.74) is 10.7. The molecule has 2 heterocycles. The molecule has 2 aliphatic rings. The molecule has 0 bridgehead atoms. The van der Waals surface area contributed by atoms with Crippen LogP contribution in [0, 0.1) is 6.92 Å². The van der Waals surface area contributed by atoms with Crippen LogP contribution in [-0.2, 0) is 17.9 Å². The van der Waals surface area contributed by atoms with Crippen molar-refractivity contribution in [2.75, 3.05) is 0 Å². The minimum Gasteiger partial charge on any atom is -0.455 e. The first-order chi connectivity index (χ1) is 16.7. The van der Waals surface area contributed by atoms with E-state index >= 15 is 0 Å². The van der Waals surface area contributed by atoms with Gasteiger partial charge in [0, 0.05) is 22.9 Å². The summed E-state index contributed by atoms with van der Waals surface area (Å²) >= 11 is 0. The number of hydrogen-bond donors (Lipinski definition) is 0. The van der Waals surface area contributed by atoms with E-state index < -0.39 is 0 Å². The molecule has 2 nitrogen and oxygen atoms in total. The second-order valence-electron chi connectivity index (χ2n) is 12.7. The summed E-state index contributed by atoms with van der Waals surface area (Å²) in [6, 6.07) is 14.0. The number of benzene rings is 2. The molecule has 2 aliphatic carbocycles. The van der Waals surface area contributed by atoms with Gasteiger partial charge in [-0.05, 0) is 77.7 Å². The maximum Gasteiger partial charge on any atom is 0.216 e.